The molecule has 0 saturated carbocycles. The zero-order chi connectivity index (χ0) is 12.5. The quantitative estimate of drug-likeness (QED) is 0.593. The maximum absolute atomic E-state index is 4.70. The fourth-order valence-electron chi connectivity index (χ4n) is 1.67. The summed E-state index contributed by atoms with van der Waals surface area (Å²) in [7, 11) is 0. The number of thiazole rings is 1. The van der Waals surface area contributed by atoms with Crippen LogP contribution in [0.3, 0.4) is 0 Å². The number of hydrogen-bond acceptors (Lipinski definition) is 3. The monoisotopic (exact) mass is 335 g/mol. The van der Waals surface area contributed by atoms with E-state index in [9.17, 15) is 0 Å². The minimum Gasteiger partial charge on any atom is -0.235 e. The van der Waals surface area contributed by atoms with Gasteiger partial charge in [-0.1, -0.05) is 29.8 Å². The molecule has 1 aromatic carbocycles. The third-order valence-corrected chi connectivity index (χ3v) is 5.17. The highest BCUT2D eigenvalue weighted by Crippen LogP contribution is 2.34. The number of halogens is 1. The number of rotatable bonds is 2. The van der Waals surface area contributed by atoms with Crippen LogP contribution in [0.15, 0.2) is 45.6 Å². The van der Waals surface area contributed by atoms with E-state index in [1.54, 1.807) is 22.7 Å². The van der Waals surface area contributed by atoms with Gasteiger partial charge in [-0.15, -0.1) is 22.7 Å². The molecule has 0 N–H and O–H groups in total. The van der Waals surface area contributed by atoms with Gasteiger partial charge < -0.3 is 0 Å². The van der Waals surface area contributed by atoms with E-state index in [0.29, 0.717) is 0 Å². The third kappa shape index (κ3) is 2.41. The molecule has 0 unspecified atom stereocenters. The van der Waals surface area contributed by atoms with Crippen molar-refractivity contribution in [2.75, 3.05) is 0 Å². The Morgan fingerprint density at radius 2 is 1.83 bits per heavy atom. The highest BCUT2D eigenvalue weighted by molar-refractivity contribution is 9.11. The molecule has 2 heterocycles. The van der Waals surface area contributed by atoms with Crippen molar-refractivity contribution in [1.82, 2.24) is 4.98 Å². The average Bonchev–Trinajstić information content (AvgIpc) is 2.98. The summed E-state index contributed by atoms with van der Waals surface area (Å²) >= 11 is 6.89. The van der Waals surface area contributed by atoms with E-state index in [1.165, 1.54) is 16.0 Å². The zero-order valence-corrected chi connectivity index (χ0v) is 12.9. The van der Waals surface area contributed by atoms with E-state index in [0.717, 1.165) is 14.5 Å². The van der Waals surface area contributed by atoms with Crippen LogP contribution in [0, 0.1) is 6.92 Å². The highest BCUT2D eigenvalue weighted by atomic mass is 79.9. The topological polar surface area (TPSA) is 12.9 Å². The Hall–Kier alpha value is -0.970. The predicted molar refractivity (Wildman–Crippen MR) is 83.3 cm³/mol. The van der Waals surface area contributed by atoms with Gasteiger partial charge in [-0.3, -0.25) is 0 Å². The molecule has 0 aliphatic rings. The van der Waals surface area contributed by atoms with Crippen LogP contribution in [0.1, 0.15) is 5.56 Å². The van der Waals surface area contributed by atoms with Crippen LogP contribution >= 0.6 is 38.6 Å². The van der Waals surface area contributed by atoms with E-state index < -0.39 is 0 Å². The molecule has 0 atom stereocenters. The first-order chi connectivity index (χ1) is 8.72. The molecule has 4 heteroatoms. The number of thiophene rings is 1. The van der Waals surface area contributed by atoms with Crippen LogP contribution in [0.2, 0.25) is 0 Å². The molecule has 0 aliphatic heterocycles. The fourth-order valence-corrected chi connectivity index (χ4v) is 3.92. The molecule has 90 valence electrons. The Morgan fingerprint density at radius 3 is 2.50 bits per heavy atom. The van der Waals surface area contributed by atoms with Gasteiger partial charge in [0, 0.05) is 10.9 Å². The van der Waals surface area contributed by atoms with Crippen LogP contribution in [0.25, 0.3) is 21.1 Å². The molecule has 0 bridgehead atoms. The molecule has 18 heavy (non-hydrogen) atoms. The van der Waals surface area contributed by atoms with Gasteiger partial charge in [0.25, 0.3) is 0 Å². The molecule has 2 aromatic heterocycles. The van der Waals surface area contributed by atoms with Crippen molar-refractivity contribution in [3.05, 3.63) is 51.1 Å². The molecule has 0 spiro atoms. The lowest BCUT2D eigenvalue weighted by atomic mass is 10.2. The Labute approximate surface area is 122 Å². The molecular weight excluding hydrogens is 326 g/mol. The molecule has 0 saturated heterocycles. The van der Waals surface area contributed by atoms with Crippen molar-refractivity contribution in [2.24, 2.45) is 0 Å². The number of benzene rings is 1. The molecule has 0 amide bonds. The minimum absolute atomic E-state index is 1.06. The van der Waals surface area contributed by atoms with Crippen molar-refractivity contribution in [3.8, 4) is 21.1 Å². The number of hydrogen-bond donors (Lipinski definition) is 0. The van der Waals surface area contributed by atoms with Crippen molar-refractivity contribution in [1.29, 1.82) is 0 Å². The van der Waals surface area contributed by atoms with Crippen molar-refractivity contribution in [3.63, 3.8) is 0 Å². The second-order valence-corrected chi connectivity index (χ2v) is 7.33. The van der Waals surface area contributed by atoms with E-state index in [4.69, 9.17) is 4.98 Å². The molecule has 3 rings (SSSR count). The van der Waals surface area contributed by atoms with E-state index in [-0.39, 0.29) is 0 Å². The standard InChI is InChI=1S/C14H10BrNS2/c1-9-2-4-10(5-3-9)14-16-11(8-17-14)12-6-7-13(15)18-12/h2-8H,1H3. The first-order valence-corrected chi connectivity index (χ1v) is 7.99. The number of aryl methyl sites for hydroxylation is 1. The zero-order valence-electron chi connectivity index (χ0n) is 9.68. The lowest BCUT2D eigenvalue weighted by Crippen LogP contribution is -1.77. The van der Waals surface area contributed by atoms with E-state index in [2.05, 4.69) is 64.6 Å². The largest absolute Gasteiger partial charge is 0.235 e. The Morgan fingerprint density at radius 1 is 1.06 bits per heavy atom. The maximum atomic E-state index is 4.70. The first-order valence-electron chi connectivity index (χ1n) is 5.50. The van der Waals surface area contributed by atoms with Crippen LogP contribution in [0.4, 0.5) is 0 Å². The summed E-state index contributed by atoms with van der Waals surface area (Å²) in [5.41, 5.74) is 3.52. The summed E-state index contributed by atoms with van der Waals surface area (Å²) in [5, 5.41) is 3.20. The summed E-state index contributed by atoms with van der Waals surface area (Å²) in [6.45, 7) is 2.10. The van der Waals surface area contributed by atoms with Gasteiger partial charge in [0.05, 0.1) is 14.4 Å². The minimum atomic E-state index is 1.06. The lowest BCUT2D eigenvalue weighted by Gasteiger charge is -1.96. The Bertz CT molecular complexity index is 667. The van der Waals surface area contributed by atoms with Gasteiger partial charge in [0.2, 0.25) is 0 Å². The SMILES string of the molecule is Cc1ccc(-c2nc(-c3ccc(Br)s3)cs2)cc1. The molecule has 0 aliphatic carbocycles. The smallest absolute Gasteiger partial charge is 0.124 e. The van der Waals surface area contributed by atoms with Crippen molar-refractivity contribution in [2.45, 2.75) is 6.92 Å². The van der Waals surface area contributed by atoms with Crippen LogP contribution in [0.5, 0.6) is 0 Å². The van der Waals surface area contributed by atoms with Gasteiger partial charge in [-0.2, -0.15) is 0 Å². The molecule has 0 radical (unpaired) electrons. The number of nitrogens with zero attached hydrogens (tertiary/aromatic N) is 1. The van der Waals surface area contributed by atoms with E-state index >= 15 is 0 Å². The van der Waals surface area contributed by atoms with E-state index in [1.807, 2.05) is 0 Å². The van der Waals surface area contributed by atoms with Crippen LogP contribution in [-0.2, 0) is 0 Å². The normalized spacial score (nSPS) is 10.8. The molecule has 0 fully saturated rings. The second-order valence-electron chi connectivity index (χ2n) is 4.01. The third-order valence-electron chi connectivity index (χ3n) is 2.63. The predicted octanol–water partition coefficient (Wildman–Crippen LogP) is 5.61. The lowest BCUT2D eigenvalue weighted by molar-refractivity contribution is 1.40. The summed E-state index contributed by atoms with van der Waals surface area (Å²) in [6.07, 6.45) is 0. The summed E-state index contributed by atoms with van der Waals surface area (Å²) in [5.74, 6) is 0. The van der Waals surface area contributed by atoms with Gasteiger partial charge >= 0.3 is 0 Å². The van der Waals surface area contributed by atoms with Crippen LogP contribution in [-0.4, -0.2) is 4.98 Å². The van der Waals surface area contributed by atoms with Crippen molar-refractivity contribution >= 4 is 38.6 Å². The second kappa shape index (κ2) is 4.96. The summed E-state index contributed by atoms with van der Waals surface area (Å²) in [4.78, 5) is 5.91. The Kier molecular flexibility index (Phi) is 3.33. The Balaban J connectivity index is 1.96. The highest BCUT2D eigenvalue weighted by Gasteiger charge is 2.08. The fraction of sp³-hybridized carbons (Fsp3) is 0.0714. The first kappa shape index (κ1) is 12.1. The summed E-state index contributed by atoms with van der Waals surface area (Å²) in [6, 6.07) is 12.7. The van der Waals surface area contributed by atoms with Crippen LogP contribution < -0.4 is 0 Å². The van der Waals surface area contributed by atoms with Gasteiger partial charge in [-0.25, -0.2) is 4.98 Å². The average molecular weight is 336 g/mol. The maximum Gasteiger partial charge on any atom is 0.124 e. The molecular formula is C14H10BrNS2. The van der Waals surface area contributed by atoms with Gasteiger partial charge in [0.1, 0.15) is 5.01 Å². The van der Waals surface area contributed by atoms with Gasteiger partial charge in [-0.05, 0) is 35.0 Å². The number of aromatic nitrogens is 1. The molecule has 3 aromatic rings. The van der Waals surface area contributed by atoms with Crippen molar-refractivity contribution < 1.29 is 0 Å². The summed E-state index contributed by atoms with van der Waals surface area (Å²) < 4.78 is 1.14. The van der Waals surface area contributed by atoms with Gasteiger partial charge in [0.15, 0.2) is 0 Å². The molecule has 1 nitrogen and oxygen atoms in total.